The number of nitrogens with one attached hydrogen (secondary N) is 2. The van der Waals surface area contributed by atoms with E-state index in [1.54, 1.807) is 18.3 Å². The highest BCUT2D eigenvalue weighted by atomic mass is 32.2. The third kappa shape index (κ3) is 5.70. The highest BCUT2D eigenvalue weighted by Crippen LogP contribution is 2.29. The third-order valence-electron chi connectivity index (χ3n) is 5.07. The van der Waals surface area contributed by atoms with E-state index < -0.39 is 0 Å². The Morgan fingerprint density at radius 1 is 1.15 bits per heavy atom. The Kier molecular flexibility index (Phi) is 7.39. The lowest BCUT2D eigenvalue weighted by Crippen LogP contribution is -2.18. The zero-order valence-electron chi connectivity index (χ0n) is 18.9. The molecule has 0 saturated heterocycles. The van der Waals surface area contributed by atoms with Crippen molar-refractivity contribution in [2.45, 2.75) is 38.1 Å². The zero-order valence-corrected chi connectivity index (χ0v) is 20.5. The number of hydrogen-bond acceptors (Lipinski definition) is 8. The van der Waals surface area contributed by atoms with E-state index in [1.165, 1.54) is 30.0 Å². The highest BCUT2D eigenvalue weighted by molar-refractivity contribution is 7.98. The maximum absolute atomic E-state index is 13.0. The van der Waals surface area contributed by atoms with Crippen LogP contribution in [0, 0.1) is 13.8 Å². The van der Waals surface area contributed by atoms with Crippen LogP contribution in [0.15, 0.2) is 57.5 Å². The van der Waals surface area contributed by atoms with E-state index in [-0.39, 0.29) is 11.8 Å². The van der Waals surface area contributed by atoms with Crippen LogP contribution >= 0.6 is 23.1 Å². The SMILES string of the molecule is CC(=O)NCc1ccc(-c2csc(NC(=O)c3cccnc3SCc3c(C)noc3C)n2)cc1. The van der Waals surface area contributed by atoms with E-state index in [0.717, 1.165) is 33.8 Å². The molecule has 0 aliphatic heterocycles. The molecule has 0 fully saturated rings. The summed E-state index contributed by atoms with van der Waals surface area (Å²) >= 11 is 2.82. The number of pyridine rings is 1. The van der Waals surface area contributed by atoms with Gasteiger partial charge in [0.25, 0.3) is 5.91 Å². The van der Waals surface area contributed by atoms with E-state index in [2.05, 4.69) is 25.8 Å². The monoisotopic (exact) mass is 493 g/mol. The smallest absolute Gasteiger partial charge is 0.260 e. The van der Waals surface area contributed by atoms with Gasteiger partial charge in [-0.1, -0.05) is 29.4 Å². The van der Waals surface area contributed by atoms with Crippen molar-refractivity contribution in [2.75, 3.05) is 5.32 Å². The summed E-state index contributed by atoms with van der Waals surface area (Å²) in [5.74, 6) is 1.05. The van der Waals surface area contributed by atoms with Gasteiger partial charge in [-0.2, -0.15) is 0 Å². The molecule has 174 valence electrons. The molecule has 10 heteroatoms. The van der Waals surface area contributed by atoms with Gasteiger partial charge in [-0.25, -0.2) is 9.97 Å². The number of carbonyl (C=O) groups is 2. The molecule has 8 nitrogen and oxygen atoms in total. The predicted octanol–water partition coefficient (Wildman–Crippen LogP) is 4.99. The first kappa shape index (κ1) is 23.7. The van der Waals surface area contributed by atoms with Crippen LogP contribution in [0.1, 0.15) is 39.9 Å². The Labute approximate surface area is 205 Å². The first-order valence-corrected chi connectivity index (χ1v) is 12.4. The molecule has 0 atom stereocenters. The molecule has 0 spiro atoms. The molecule has 3 heterocycles. The summed E-state index contributed by atoms with van der Waals surface area (Å²) in [4.78, 5) is 33.0. The topological polar surface area (TPSA) is 110 Å². The van der Waals surface area contributed by atoms with Crippen LogP contribution < -0.4 is 10.6 Å². The Hall–Kier alpha value is -3.50. The van der Waals surface area contributed by atoms with Gasteiger partial charge in [0.15, 0.2) is 5.13 Å². The average Bonchev–Trinajstić information content (AvgIpc) is 3.43. The average molecular weight is 494 g/mol. The first-order valence-electron chi connectivity index (χ1n) is 10.5. The Morgan fingerprint density at radius 2 is 1.94 bits per heavy atom. The van der Waals surface area contributed by atoms with Crippen molar-refractivity contribution in [1.82, 2.24) is 20.4 Å². The quantitative estimate of drug-likeness (QED) is 0.333. The van der Waals surface area contributed by atoms with Crippen molar-refractivity contribution >= 4 is 40.0 Å². The molecular formula is C24H23N5O3S2. The number of aromatic nitrogens is 3. The van der Waals surface area contributed by atoms with Crippen molar-refractivity contribution in [1.29, 1.82) is 0 Å². The molecule has 2 N–H and O–H groups in total. The predicted molar refractivity (Wildman–Crippen MR) is 133 cm³/mol. The minimum absolute atomic E-state index is 0.0668. The van der Waals surface area contributed by atoms with Gasteiger partial charge in [0.2, 0.25) is 5.91 Å². The zero-order chi connectivity index (χ0) is 24.1. The van der Waals surface area contributed by atoms with Crippen LogP contribution in [0.5, 0.6) is 0 Å². The van der Waals surface area contributed by atoms with E-state index in [1.807, 2.05) is 43.5 Å². The molecule has 0 saturated carbocycles. The molecule has 0 radical (unpaired) electrons. The highest BCUT2D eigenvalue weighted by Gasteiger charge is 2.17. The molecule has 4 rings (SSSR count). The summed E-state index contributed by atoms with van der Waals surface area (Å²) in [5, 5.41) is 12.7. The molecule has 34 heavy (non-hydrogen) atoms. The minimum Gasteiger partial charge on any atom is -0.361 e. The van der Waals surface area contributed by atoms with E-state index >= 15 is 0 Å². The Morgan fingerprint density at radius 3 is 2.65 bits per heavy atom. The van der Waals surface area contributed by atoms with Crippen LogP contribution in [0.4, 0.5) is 5.13 Å². The van der Waals surface area contributed by atoms with Gasteiger partial charge in [-0.15, -0.1) is 23.1 Å². The standard InChI is InChI=1S/C24H23N5O3S2/c1-14-20(15(2)32-29-14)12-33-23-19(5-4-10-25-23)22(31)28-24-27-21(13-34-24)18-8-6-17(7-9-18)11-26-16(3)30/h4-10,13H,11-12H2,1-3H3,(H,26,30)(H,27,28,31). The summed E-state index contributed by atoms with van der Waals surface area (Å²) < 4.78 is 5.22. The van der Waals surface area contributed by atoms with Crippen LogP contribution in [-0.2, 0) is 17.1 Å². The first-order chi connectivity index (χ1) is 16.4. The number of amides is 2. The Bertz CT molecular complexity index is 1290. The molecule has 1 aromatic carbocycles. The molecule has 2 amide bonds. The fourth-order valence-electron chi connectivity index (χ4n) is 3.18. The third-order valence-corrected chi connectivity index (χ3v) is 6.86. The number of thiazole rings is 1. The lowest BCUT2D eigenvalue weighted by molar-refractivity contribution is -0.119. The van der Waals surface area contributed by atoms with Gasteiger partial charge in [-0.3, -0.25) is 14.9 Å². The fourth-order valence-corrected chi connectivity index (χ4v) is 5.03. The van der Waals surface area contributed by atoms with Crippen molar-refractivity contribution in [3.63, 3.8) is 0 Å². The Balaban J connectivity index is 1.42. The molecule has 0 unspecified atom stereocenters. The van der Waals surface area contributed by atoms with Gasteiger partial charge in [0, 0.05) is 41.9 Å². The largest absolute Gasteiger partial charge is 0.361 e. The van der Waals surface area contributed by atoms with Crippen LogP contribution in [0.25, 0.3) is 11.3 Å². The molecule has 0 aliphatic rings. The van der Waals surface area contributed by atoms with Gasteiger partial charge < -0.3 is 9.84 Å². The number of rotatable bonds is 8. The normalized spacial score (nSPS) is 10.8. The number of thioether (sulfide) groups is 1. The number of aryl methyl sites for hydroxylation is 2. The van der Waals surface area contributed by atoms with Crippen molar-refractivity contribution in [3.8, 4) is 11.3 Å². The number of nitrogens with zero attached hydrogens (tertiary/aromatic N) is 3. The number of anilines is 1. The lowest BCUT2D eigenvalue weighted by atomic mass is 10.1. The minimum atomic E-state index is -0.263. The van der Waals surface area contributed by atoms with Gasteiger partial charge >= 0.3 is 0 Å². The van der Waals surface area contributed by atoms with Crippen LogP contribution in [0.2, 0.25) is 0 Å². The summed E-state index contributed by atoms with van der Waals surface area (Å²) in [6.07, 6.45) is 1.67. The molecular weight excluding hydrogens is 470 g/mol. The maximum atomic E-state index is 13.0. The second-order valence-corrected chi connectivity index (χ2v) is 9.37. The summed E-state index contributed by atoms with van der Waals surface area (Å²) in [6, 6.07) is 11.3. The fraction of sp³-hybridized carbons (Fsp3) is 0.208. The number of benzene rings is 1. The second kappa shape index (κ2) is 10.6. The van der Waals surface area contributed by atoms with Crippen LogP contribution in [-0.4, -0.2) is 26.9 Å². The lowest BCUT2D eigenvalue weighted by Gasteiger charge is -2.07. The molecule has 3 aromatic heterocycles. The maximum Gasteiger partial charge on any atom is 0.260 e. The molecule has 0 bridgehead atoms. The second-order valence-electron chi connectivity index (χ2n) is 7.55. The van der Waals surface area contributed by atoms with Crippen molar-refractivity contribution < 1.29 is 14.1 Å². The van der Waals surface area contributed by atoms with Gasteiger partial charge in [0.1, 0.15) is 10.8 Å². The van der Waals surface area contributed by atoms with E-state index in [4.69, 9.17) is 4.52 Å². The van der Waals surface area contributed by atoms with Crippen molar-refractivity contribution in [3.05, 3.63) is 76.1 Å². The number of carbonyl (C=O) groups excluding carboxylic acids is 2. The van der Waals surface area contributed by atoms with E-state index in [9.17, 15) is 9.59 Å². The molecule has 4 aromatic rings. The van der Waals surface area contributed by atoms with Crippen LogP contribution in [0.3, 0.4) is 0 Å². The van der Waals surface area contributed by atoms with Gasteiger partial charge in [0.05, 0.1) is 17.0 Å². The summed E-state index contributed by atoms with van der Waals surface area (Å²) in [6.45, 7) is 5.74. The van der Waals surface area contributed by atoms with Crippen molar-refractivity contribution in [2.24, 2.45) is 0 Å². The summed E-state index contributed by atoms with van der Waals surface area (Å²) in [5.41, 5.74) is 5.03. The van der Waals surface area contributed by atoms with Gasteiger partial charge in [-0.05, 0) is 31.5 Å². The summed E-state index contributed by atoms with van der Waals surface area (Å²) in [7, 11) is 0. The molecule has 0 aliphatic carbocycles. The number of hydrogen-bond donors (Lipinski definition) is 2. The van der Waals surface area contributed by atoms with E-state index in [0.29, 0.717) is 28.0 Å².